The molecule has 7 nitrogen and oxygen atoms in total. The monoisotopic (exact) mass is 415 g/mol. The molecule has 1 aromatic heterocycles. The molecule has 0 radical (unpaired) electrons. The van der Waals surface area contributed by atoms with Crippen LogP contribution in [0.2, 0.25) is 0 Å². The highest BCUT2D eigenvalue weighted by molar-refractivity contribution is 7.99. The first kappa shape index (κ1) is 19.8. The smallest absolute Gasteiger partial charge is 0.270 e. The zero-order chi connectivity index (χ0) is 19.9. The average Bonchev–Trinajstić information content (AvgIpc) is 3.17. The predicted molar refractivity (Wildman–Crippen MR) is 111 cm³/mol. The van der Waals surface area contributed by atoms with Crippen LogP contribution >= 0.6 is 23.1 Å². The molecule has 0 saturated carbocycles. The number of anilines is 1. The summed E-state index contributed by atoms with van der Waals surface area (Å²) in [7, 11) is 1.62. The van der Waals surface area contributed by atoms with Crippen molar-refractivity contribution in [2.24, 2.45) is 0 Å². The zero-order valence-corrected chi connectivity index (χ0v) is 16.6. The number of ether oxygens (including phenoxy) is 1. The van der Waals surface area contributed by atoms with Crippen molar-refractivity contribution >= 4 is 39.8 Å². The fraction of sp³-hybridized carbons (Fsp3) is 0.158. The fourth-order valence-corrected chi connectivity index (χ4v) is 3.95. The third-order valence-electron chi connectivity index (χ3n) is 3.76. The summed E-state index contributed by atoms with van der Waals surface area (Å²) in [5.74, 6) is 1.31. The van der Waals surface area contributed by atoms with E-state index in [1.807, 2.05) is 24.3 Å². The minimum atomic E-state index is -0.445. The predicted octanol–water partition coefficient (Wildman–Crippen LogP) is 4.85. The number of nitrogens with zero attached hydrogens (tertiary/aromatic N) is 2. The third kappa shape index (κ3) is 5.30. The molecule has 0 aliphatic heterocycles. The maximum absolute atomic E-state index is 12.1. The highest BCUT2D eigenvalue weighted by atomic mass is 32.2. The molecule has 144 valence electrons. The number of non-ortho nitro benzene ring substituents is 1. The first-order valence-electron chi connectivity index (χ1n) is 8.32. The van der Waals surface area contributed by atoms with Gasteiger partial charge in [-0.25, -0.2) is 4.98 Å². The van der Waals surface area contributed by atoms with Crippen LogP contribution in [0.1, 0.15) is 6.42 Å². The van der Waals surface area contributed by atoms with Crippen LogP contribution in [0.4, 0.5) is 10.8 Å². The Bertz CT molecular complexity index is 973. The summed E-state index contributed by atoms with van der Waals surface area (Å²) in [6.07, 6.45) is 0.350. The zero-order valence-electron chi connectivity index (χ0n) is 15.0. The van der Waals surface area contributed by atoms with Crippen molar-refractivity contribution in [2.75, 3.05) is 18.2 Å². The number of nitro benzene ring substituents is 1. The van der Waals surface area contributed by atoms with E-state index < -0.39 is 4.92 Å². The number of nitrogens with one attached hydrogen (secondary N) is 1. The van der Waals surface area contributed by atoms with Crippen molar-refractivity contribution in [3.8, 4) is 17.0 Å². The van der Waals surface area contributed by atoms with Crippen LogP contribution in [0.3, 0.4) is 0 Å². The van der Waals surface area contributed by atoms with E-state index in [1.165, 1.54) is 23.5 Å². The van der Waals surface area contributed by atoms with Crippen molar-refractivity contribution in [2.45, 2.75) is 11.3 Å². The molecule has 2 aromatic carbocycles. The quantitative estimate of drug-likeness (QED) is 0.321. The van der Waals surface area contributed by atoms with Gasteiger partial charge in [0.05, 0.1) is 17.7 Å². The van der Waals surface area contributed by atoms with E-state index >= 15 is 0 Å². The summed E-state index contributed by atoms with van der Waals surface area (Å²) in [5.41, 5.74) is 1.24. The lowest BCUT2D eigenvalue weighted by molar-refractivity contribution is -0.384. The number of thiazole rings is 1. The Balaban J connectivity index is 1.52. The Morgan fingerprint density at radius 1 is 1.29 bits per heavy atom. The largest absolute Gasteiger partial charge is 0.497 e. The van der Waals surface area contributed by atoms with Gasteiger partial charge < -0.3 is 10.1 Å². The Labute approximate surface area is 169 Å². The Kier molecular flexibility index (Phi) is 6.62. The molecule has 9 heteroatoms. The number of nitro groups is 1. The molecule has 0 fully saturated rings. The summed E-state index contributed by atoms with van der Waals surface area (Å²) in [4.78, 5) is 28.0. The number of thioether (sulfide) groups is 1. The second kappa shape index (κ2) is 9.34. The van der Waals surface area contributed by atoms with Gasteiger partial charge in [0.2, 0.25) is 5.91 Å². The lowest BCUT2D eigenvalue weighted by atomic mass is 10.1. The van der Waals surface area contributed by atoms with Crippen LogP contribution in [-0.4, -0.2) is 28.7 Å². The van der Waals surface area contributed by atoms with Crippen molar-refractivity contribution in [1.82, 2.24) is 4.98 Å². The van der Waals surface area contributed by atoms with Crippen LogP contribution in [0.25, 0.3) is 11.3 Å². The molecule has 0 aliphatic carbocycles. The number of benzene rings is 2. The molecule has 1 amide bonds. The number of hydrogen-bond donors (Lipinski definition) is 1. The first-order chi connectivity index (χ1) is 13.5. The molecule has 1 N–H and O–H groups in total. The minimum absolute atomic E-state index is 0.00615. The summed E-state index contributed by atoms with van der Waals surface area (Å²) in [5, 5.41) is 15.9. The van der Waals surface area contributed by atoms with Gasteiger partial charge in [-0.05, 0) is 24.3 Å². The highest BCUT2D eigenvalue weighted by Crippen LogP contribution is 2.28. The number of methoxy groups -OCH3 is 1. The molecule has 0 saturated heterocycles. The molecular formula is C19H17N3O4S2. The lowest BCUT2D eigenvalue weighted by Gasteiger charge is -2.04. The second-order valence-electron chi connectivity index (χ2n) is 5.67. The summed E-state index contributed by atoms with van der Waals surface area (Å²) < 4.78 is 5.12. The number of hydrogen-bond acceptors (Lipinski definition) is 7. The molecule has 3 aromatic rings. The second-order valence-corrected chi connectivity index (χ2v) is 7.69. The van der Waals surface area contributed by atoms with E-state index in [4.69, 9.17) is 4.74 Å². The van der Waals surface area contributed by atoms with Gasteiger partial charge in [0.25, 0.3) is 5.69 Å². The van der Waals surface area contributed by atoms with E-state index in [0.717, 1.165) is 10.6 Å². The van der Waals surface area contributed by atoms with Gasteiger partial charge in [-0.3, -0.25) is 14.9 Å². The maximum Gasteiger partial charge on any atom is 0.270 e. The van der Waals surface area contributed by atoms with Gasteiger partial charge >= 0.3 is 0 Å². The Morgan fingerprint density at radius 3 is 2.79 bits per heavy atom. The summed E-state index contributed by atoms with van der Waals surface area (Å²) in [6, 6.07) is 13.9. The van der Waals surface area contributed by atoms with E-state index in [0.29, 0.717) is 28.6 Å². The van der Waals surface area contributed by atoms with Crippen LogP contribution in [0.5, 0.6) is 5.75 Å². The van der Waals surface area contributed by atoms with Crippen LogP contribution in [-0.2, 0) is 4.79 Å². The molecule has 0 spiro atoms. The van der Waals surface area contributed by atoms with Crippen molar-refractivity contribution < 1.29 is 14.5 Å². The van der Waals surface area contributed by atoms with Crippen molar-refractivity contribution in [1.29, 1.82) is 0 Å². The highest BCUT2D eigenvalue weighted by Gasteiger charge is 2.11. The molecule has 3 rings (SSSR count). The summed E-state index contributed by atoms with van der Waals surface area (Å²) >= 11 is 2.87. The van der Waals surface area contributed by atoms with Crippen LogP contribution in [0, 0.1) is 10.1 Å². The SMILES string of the molecule is COc1ccc(SCCC(=O)Nc2nc(-c3cccc([N+](=O)[O-])c3)cs2)cc1. The molecule has 1 heterocycles. The summed E-state index contributed by atoms with van der Waals surface area (Å²) in [6.45, 7) is 0. The first-order valence-corrected chi connectivity index (χ1v) is 10.2. The van der Waals surface area contributed by atoms with E-state index in [-0.39, 0.29) is 11.6 Å². The number of amides is 1. The lowest BCUT2D eigenvalue weighted by Crippen LogP contribution is -2.11. The average molecular weight is 415 g/mol. The third-order valence-corrected chi connectivity index (χ3v) is 5.53. The van der Waals surface area contributed by atoms with Gasteiger partial charge in [-0.1, -0.05) is 12.1 Å². The van der Waals surface area contributed by atoms with Gasteiger partial charge in [0.15, 0.2) is 5.13 Å². The topological polar surface area (TPSA) is 94.4 Å². The normalized spacial score (nSPS) is 10.5. The van der Waals surface area contributed by atoms with Crippen molar-refractivity contribution in [3.63, 3.8) is 0 Å². The van der Waals surface area contributed by atoms with Gasteiger partial charge in [0.1, 0.15) is 5.75 Å². The number of rotatable bonds is 8. The molecular weight excluding hydrogens is 398 g/mol. The van der Waals surface area contributed by atoms with E-state index in [2.05, 4.69) is 10.3 Å². The molecule has 0 atom stereocenters. The molecule has 28 heavy (non-hydrogen) atoms. The minimum Gasteiger partial charge on any atom is -0.497 e. The molecule has 0 bridgehead atoms. The van der Waals surface area contributed by atoms with Crippen LogP contribution in [0.15, 0.2) is 58.8 Å². The van der Waals surface area contributed by atoms with Gasteiger partial charge in [-0.15, -0.1) is 23.1 Å². The molecule has 0 aliphatic rings. The Morgan fingerprint density at radius 2 is 2.07 bits per heavy atom. The van der Waals surface area contributed by atoms with Gasteiger partial charge in [-0.2, -0.15) is 0 Å². The number of carbonyl (C=O) groups is 1. The standard InChI is InChI=1S/C19H17N3O4S2/c1-26-15-5-7-16(8-6-15)27-10-9-18(23)21-19-20-17(12-28-19)13-3-2-4-14(11-13)22(24)25/h2-8,11-12H,9-10H2,1H3,(H,20,21,23). The van der Waals surface area contributed by atoms with E-state index in [9.17, 15) is 14.9 Å². The maximum atomic E-state index is 12.1. The number of aromatic nitrogens is 1. The Hall–Kier alpha value is -2.91. The van der Waals surface area contributed by atoms with Gasteiger partial charge in [0, 0.05) is 40.1 Å². The van der Waals surface area contributed by atoms with E-state index in [1.54, 1.807) is 36.4 Å². The molecule has 0 unspecified atom stereocenters. The fourth-order valence-electron chi connectivity index (χ4n) is 2.36. The van der Waals surface area contributed by atoms with Crippen LogP contribution < -0.4 is 10.1 Å². The number of carbonyl (C=O) groups excluding carboxylic acids is 1. The van der Waals surface area contributed by atoms with Crippen molar-refractivity contribution in [3.05, 3.63) is 64.0 Å².